The molecular formula is C12H15ClN2O4S. The molecule has 110 valence electrons. The van der Waals surface area contributed by atoms with Crippen molar-refractivity contribution in [1.29, 1.82) is 0 Å². The van der Waals surface area contributed by atoms with Crippen LogP contribution in [0.15, 0.2) is 17.0 Å². The van der Waals surface area contributed by atoms with Gasteiger partial charge < -0.3 is 14.8 Å². The van der Waals surface area contributed by atoms with Gasteiger partial charge in [-0.05, 0) is 13.0 Å². The molecule has 0 bridgehead atoms. The van der Waals surface area contributed by atoms with Gasteiger partial charge in [-0.25, -0.2) is 13.1 Å². The number of hydrogen-bond acceptors (Lipinski definition) is 5. The predicted molar refractivity (Wildman–Crippen MR) is 74.0 cm³/mol. The Morgan fingerprint density at radius 2 is 1.95 bits per heavy atom. The molecule has 0 saturated carbocycles. The summed E-state index contributed by atoms with van der Waals surface area (Å²) in [5.41, 5.74) is 0. The standard InChI is InChI=1S/C12H15ClN2O4S/c13-9-5-10-11(19-4-3-18-10)6-12(9)20(16,17)15-8-1-2-14-7-8/h5-6,8,14-15H,1-4,7H2. The van der Waals surface area contributed by atoms with Gasteiger partial charge in [0.2, 0.25) is 10.0 Å². The fourth-order valence-electron chi connectivity index (χ4n) is 2.29. The van der Waals surface area contributed by atoms with Gasteiger partial charge in [-0.2, -0.15) is 0 Å². The topological polar surface area (TPSA) is 76.7 Å². The Morgan fingerprint density at radius 3 is 2.60 bits per heavy atom. The number of hydrogen-bond donors (Lipinski definition) is 2. The van der Waals surface area contributed by atoms with Gasteiger partial charge in [0.05, 0.1) is 5.02 Å². The van der Waals surface area contributed by atoms with Crippen molar-refractivity contribution >= 4 is 21.6 Å². The minimum absolute atomic E-state index is 0.0234. The third-order valence-corrected chi connectivity index (χ3v) is 5.25. The van der Waals surface area contributed by atoms with E-state index in [0.717, 1.165) is 13.0 Å². The maximum Gasteiger partial charge on any atom is 0.242 e. The van der Waals surface area contributed by atoms with Crippen LogP contribution in [-0.4, -0.2) is 40.8 Å². The van der Waals surface area contributed by atoms with Crippen molar-refractivity contribution in [3.8, 4) is 11.5 Å². The predicted octanol–water partition coefficient (Wildman–Crippen LogP) is 0.751. The molecular weight excluding hydrogens is 304 g/mol. The number of ether oxygens (including phenoxy) is 2. The third-order valence-electron chi connectivity index (χ3n) is 3.27. The summed E-state index contributed by atoms with van der Waals surface area (Å²) < 4.78 is 38.2. The fourth-order valence-corrected chi connectivity index (χ4v) is 4.09. The molecule has 1 unspecified atom stereocenters. The third kappa shape index (κ3) is 2.71. The summed E-state index contributed by atoms with van der Waals surface area (Å²) in [6, 6.07) is 2.79. The van der Waals surface area contributed by atoms with Crippen LogP contribution in [0.5, 0.6) is 11.5 Å². The number of halogens is 1. The smallest absolute Gasteiger partial charge is 0.242 e. The van der Waals surface area contributed by atoms with Gasteiger partial charge in [-0.3, -0.25) is 0 Å². The average molecular weight is 319 g/mol. The molecule has 1 aromatic carbocycles. The van der Waals surface area contributed by atoms with Gasteiger partial charge in [0.1, 0.15) is 18.1 Å². The Bertz CT molecular complexity index is 614. The molecule has 1 saturated heterocycles. The van der Waals surface area contributed by atoms with Crippen LogP contribution in [0.25, 0.3) is 0 Å². The van der Waals surface area contributed by atoms with Crippen molar-refractivity contribution in [2.24, 2.45) is 0 Å². The van der Waals surface area contributed by atoms with E-state index in [-0.39, 0.29) is 16.0 Å². The molecule has 2 aliphatic heterocycles. The van der Waals surface area contributed by atoms with Crippen molar-refractivity contribution in [3.05, 3.63) is 17.2 Å². The number of fused-ring (bicyclic) bond motifs is 1. The van der Waals surface area contributed by atoms with Gasteiger partial charge in [-0.15, -0.1) is 0 Å². The summed E-state index contributed by atoms with van der Waals surface area (Å²) in [5, 5.41) is 3.24. The molecule has 2 heterocycles. The monoisotopic (exact) mass is 318 g/mol. The molecule has 0 amide bonds. The number of benzene rings is 1. The van der Waals surface area contributed by atoms with E-state index in [2.05, 4.69) is 10.0 Å². The Morgan fingerprint density at radius 1 is 1.25 bits per heavy atom. The quantitative estimate of drug-likeness (QED) is 0.860. The lowest BCUT2D eigenvalue weighted by molar-refractivity contribution is 0.171. The first-order chi connectivity index (χ1) is 9.56. The molecule has 1 fully saturated rings. The maximum absolute atomic E-state index is 12.4. The normalized spacial score (nSPS) is 21.9. The Balaban J connectivity index is 1.92. The van der Waals surface area contributed by atoms with E-state index in [1.807, 2.05) is 0 Å². The second kappa shape index (κ2) is 5.40. The largest absolute Gasteiger partial charge is 0.486 e. The van der Waals surface area contributed by atoms with Crippen molar-refractivity contribution in [2.75, 3.05) is 26.3 Å². The molecule has 8 heteroatoms. The van der Waals surface area contributed by atoms with Crippen molar-refractivity contribution in [2.45, 2.75) is 17.4 Å². The molecule has 1 aromatic rings. The highest BCUT2D eigenvalue weighted by Crippen LogP contribution is 2.37. The second-order valence-electron chi connectivity index (χ2n) is 4.74. The van der Waals surface area contributed by atoms with Crippen LogP contribution in [0.1, 0.15) is 6.42 Å². The molecule has 0 aromatic heterocycles. The lowest BCUT2D eigenvalue weighted by atomic mass is 10.3. The lowest BCUT2D eigenvalue weighted by Gasteiger charge is -2.20. The highest BCUT2D eigenvalue weighted by atomic mass is 35.5. The fraction of sp³-hybridized carbons (Fsp3) is 0.500. The summed E-state index contributed by atoms with van der Waals surface area (Å²) in [5.74, 6) is 0.883. The van der Waals surface area contributed by atoms with Crippen LogP contribution in [-0.2, 0) is 10.0 Å². The number of sulfonamides is 1. The molecule has 2 N–H and O–H groups in total. The van der Waals surface area contributed by atoms with Crippen LogP contribution in [0.4, 0.5) is 0 Å². The highest BCUT2D eigenvalue weighted by molar-refractivity contribution is 7.89. The van der Waals surface area contributed by atoms with Gasteiger partial charge in [-0.1, -0.05) is 11.6 Å². The first-order valence-electron chi connectivity index (χ1n) is 6.38. The molecule has 6 nitrogen and oxygen atoms in total. The van der Waals surface area contributed by atoms with Crippen molar-refractivity contribution in [3.63, 3.8) is 0 Å². The van der Waals surface area contributed by atoms with Crippen LogP contribution in [0.3, 0.4) is 0 Å². The maximum atomic E-state index is 12.4. The summed E-state index contributed by atoms with van der Waals surface area (Å²) in [7, 11) is -3.67. The van der Waals surface area contributed by atoms with E-state index >= 15 is 0 Å². The van der Waals surface area contributed by atoms with E-state index in [1.165, 1.54) is 12.1 Å². The zero-order chi connectivity index (χ0) is 14.2. The van der Waals surface area contributed by atoms with Gasteiger partial charge in [0.15, 0.2) is 11.5 Å². The summed E-state index contributed by atoms with van der Waals surface area (Å²) in [6.45, 7) is 2.26. The van der Waals surface area contributed by atoms with E-state index in [1.54, 1.807) is 0 Å². The molecule has 0 spiro atoms. The first kappa shape index (κ1) is 13.9. The lowest BCUT2D eigenvalue weighted by Crippen LogP contribution is -2.36. The zero-order valence-corrected chi connectivity index (χ0v) is 12.3. The van der Waals surface area contributed by atoms with Crippen LogP contribution in [0, 0.1) is 0 Å². The molecule has 20 heavy (non-hydrogen) atoms. The number of rotatable bonds is 3. The SMILES string of the molecule is O=S(=O)(NC1CCNC1)c1cc2c(cc1Cl)OCCO2. The molecule has 1 atom stereocenters. The minimum Gasteiger partial charge on any atom is -0.486 e. The van der Waals surface area contributed by atoms with Crippen LogP contribution in [0.2, 0.25) is 5.02 Å². The van der Waals surface area contributed by atoms with Crippen LogP contribution < -0.4 is 19.5 Å². The molecule has 0 aliphatic carbocycles. The Labute approximate surface area is 122 Å². The molecule has 0 radical (unpaired) electrons. The Kier molecular flexibility index (Phi) is 3.76. The van der Waals surface area contributed by atoms with E-state index in [4.69, 9.17) is 21.1 Å². The Hall–Kier alpha value is -1.02. The van der Waals surface area contributed by atoms with Crippen LogP contribution >= 0.6 is 11.6 Å². The summed E-state index contributed by atoms with van der Waals surface area (Å²) in [4.78, 5) is 0.0234. The van der Waals surface area contributed by atoms with Crippen molar-refractivity contribution in [1.82, 2.24) is 10.0 Å². The minimum atomic E-state index is -3.67. The van der Waals surface area contributed by atoms with Gasteiger partial charge in [0.25, 0.3) is 0 Å². The first-order valence-corrected chi connectivity index (χ1v) is 8.24. The second-order valence-corrected chi connectivity index (χ2v) is 6.83. The molecule has 3 rings (SSSR count). The van der Waals surface area contributed by atoms with E-state index in [9.17, 15) is 8.42 Å². The van der Waals surface area contributed by atoms with Gasteiger partial charge >= 0.3 is 0 Å². The van der Waals surface area contributed by atoms with Gasteiger partial charge in [0, 0.05) is 24.7 Å². The van der Waals surface area contributed by atoms with Crippen molar-refractivity contribution < 1.29 is 17.9 Å². The number of nitrogens with one attached hydrogen (secondary N) is 2. The summed E-state index contributed by atoms with van der Waals surface area (Å²) in [6.07, 6.45) is 0.765. The average Bonchev–Trinajstić information content (AvgIpc) is 2.90. The zero-order valence-electron chi connectivity index (χ0n) is 10.7. The molecule has 2 aliphatic rings. The van der Waals surface area contributed by atoms with E-state index in [0.29, 0.717) is 31.3 Å². The highest BCUT2D eigenvalue weighted by Gasteiger charge is 2.27. The van der Waals surface area contributed by atoms with E-state index < -0.39 is 10.0 Å². The summed E-state index contributed by atoms with van der Waals surface area (Å²) >= 11 is 6.06.